The Morgan fingerprint density at radius 1 is 1.03 bits per heavy atom. The number of aromatic amines is 1. The van der Waals surface area contributed by atoms with Gasteiger partial charge in [-0.25, -0.2) is 4.68 Å². The summed E-state index contributed by atoms with van der Waals surface area (Å²) >= 11 is 1.58. The molecule has 0 fully saturated rings. The second kappa shape index (κ2) is 8.14. The van der Waals surface area contributed by atoms with Crippen LogP contribution in [0.2, 0.25) is 0 Å². The number of nitriles is 1. The second-order valence-corrected chi connectivity index (χ2v) is 8.87. The minimum atomic E-state index is -0.820. The van der Waals surface area contributed by atoms with Crippen LogP contribution >= 0.6 is 11.3 Å². The number of hydrogen-bond donors (Lipinski definition) is 2. The van der Waals surface area contributed by atoms with Crippen LogP contribution in [0, 0.1) is 22.7 Å². The van der Waals surface area contributed by atoms with Gasteiger partial charge in [0.1, 0.15) is 5.92 Å². The van der Waals surface area contributed by atoms with Gasteiger partial charge in [-0.05, 0) is 23.6 Å². The highest BCUT2D eigenvalue weighted by molar-refractivity contribution is 7.13. The minimum absolute atomic E-state index is 0.115. The van der Waals surface area contributed by atoms with Gasteiger partial charge in [0, 0.05) is 23.2 Å². The molecule has 4 heterocycles. The molecule has 2 aromatic carbocycles. The number of aromatic nitrogens is 4. The maximum atomic E-state index is 10.1. The molecule has 8 heteroatoms. The van der Waals surface area contributed by atoms with Gasteiger partial charge in [0.2, 0.25) is 11.8 Å². The monoisotopic (exact) mass is 462 g/mol. The Labute approximate surface area is 199 Å². The van der Waals surface area contributed by atoms with Crippen molar-refractivity contribution in [2.75, 3.05) is 0 Å². The van der Waals surface area contributed by atoms with Crippen molar-refractivity contribution in [3.8, 4) is 39.5 Å². The van der Waals surface area contributed by atoms with Gasteiger partial charge >= 0.3 is 0 Å². The van der Waals surface area contributed by atoms with Crippen molar-refractivity contribution in [3.63, 3.8) is 0 Å². The zero-order valence-corrected chi connectivity index (χ0v) is 18.7. The van der Waals surface area contributed by atoms with E-state index in [1.165, 1.54) is 0 Å². The van der Waals surface area contributed by atoms with Gasteiger partial charge in [-0.1, -0.05) is 54.6 Å². The molecule has 0 radical (unpaired) electrons. The molecule has 0 bridgehead atoms. The first kappa shape index (κ1) is 20.1. The molecule has 0 aliphatic carbocycles. The summed E-state index contributed by atoms with van der Waals surface area (Å²) < 4.78 is 7.53. The lowest BCUT2D eigenvalue weighted by Crippen LogP contribution is -2.31. The molecule has 1 aliphatic heterocycles. The molecule has 3 aromatic heterocycles. The fourth-order valence-electron chi connectivity index (χ4n) is 4.41. The normalized spacial score (nSPS) is 17.1. The highest BCUT2D eigenvalue weighted by Gasteiger charge is 2.43. The van der Waals surface area contributed by atoms with Crippen LogP contribution in [0.3, 0.4) is 0 Å². The van der Waals surface area contributed by atoms with E-state index in [-0.39, 0.29) is 5.90 Å². The molecule has 0 saturated heterocycles. The van der Waals surface area contributed by atoms with E-state index in [4.69, 9.17) is 15.2 Å². The third-order valence-corrected chi connectivity index (χ3v) is 6.84. The number of benzene rings is 2. The Bertz CT molecular complexity index is 1510. The van der Waals surface area contributed by atoms with Crippen molar-refractivity contribution in [2.45, 2.75) is 5.92 Å². The van der Waals surface area contributed by atoms with E-state index < -0.39 is 11.8 Å². The third-order valence-electron chi connectivity index (χ3n) is 5.95. The van der Waals surface area contributed by atoms with Crippen molar-refractivity contribution in [3.05, 3.63) is 95.5 Å². The predicted molar refractivity (Wildman–Crippen MR) is 130 cm³/mol. The summed E-state index contributed by atoms with van der Waals surface area (Å²) in [5.74, 6) is -1.09. The van der Waals surface area contributed by atoms with E-state index in [0.29, 0.717) is 5.88 Å². The smallest absolute Gasteiger partial charge is 0.244 e. The fraction of sp³-hybridized carbons (Fsp3) is 0.0769. The quantitative estimate of drug-likeness (QED) is 0.361. The van der Waals surface area contributed by atoms with E-state index in [9.17, 15) is 5.26 Å². The average Bonchev–Trinajstić information content (AvgIpc) is 3.64. The Balaban J connectivity index is 1.62. The maximum Gasteiger partial charge on any atom is 0.244 e. The Morgan fingerprint density at radius 3 is 2.50 bits per heavy atom. The van der Waals surface area contributed by atoms with E-state index in [0.717, 1.165) is 38.6 Å². The first-order valence-electron chi connectivity index (χ1n) is 10.7. The number of hydrogen-bond acceptors (Lipinski definition) is 6. The van der Waals surface area contributed by atoms with Crippen LogP contribution in [0.1, 0.15) is 17.0 Å². The van der Waals surface area contributed by atoms with Crippen molar-refractivity contribution in [2.24, 2.45) is 5.92 Å². The number of thiophene rings is 1. The summed E-state index contributed by atoms with van der Waals surface area (Å²) in [5.41, 5.74) is 5.02. The van der Waals surface area contributed by atoms with E-state index in [2.05, 4.69) is 16.3 Å². The van der Waals surface area contributed by atoms with Crippen molar-refractivity contribution in [1.29, 1.82) is 10.7 Å². The zero-order valence-electron chi connectivity index (χ0n) is 17.8. The molecule has 34 heavy (non-hydrogen) atoms. The molecule has 7 nitrogen and oxygen atoms in total. The van der Waals surface area contributed by atoms with Gasteiger partial charge < -0.3 is 4.74 Å². The standard InChI is InChI=1S/C26H18N6OS/c27-14-18-21(22-24(20-12-7-13-34-20)29-30-26(22)33-25(18)28)19-15-32(17-10-5-2-6-11-17)31-23(19)16-8-3-1-4-9-16/h1-13,15,18,21,28H,(H,29,30). The van der Waals surface area contributed by atoms with Crippen molar-refractivity contribution < 1.29 is 4.74 Å². The number of ether oxygens (including phenoxy) is 1. The number of nitrogens with one attached hydrogen (secondary N) is 2. The fourth-order valence-corrected chi connectivity index (χ4v) is 5.15. The lowest BCUT2D eigenvalue weighted by molar-refractivity contribution is 0.437. The summed E-state index contributed by atoms with van der Waals surface area (Å²) in [4.78, 5) is 0.990. The molecule has 5 aromatic rings. The molecular weight excluding hydrogens is 444 g/mol. The molecule has 0 saturated carbocycles. The summed E-state index contributed by atoms with van der Waals surface area (Å²) in [6, 6.07) is 26.0. The highest BCUT2D eigenvalue weighted by Crippen LogP contribution is 2.48. The molecule has 0 amide bonds. The van der Waals surface area contributed by atoms with Gasteiger partial charge in [-0.15, -0.1) is 16.4 Å². The van der Waals surface area contributed by atoms with Crippen LogP contribution in [0.5, 0.6) is 5.88 Å². The third kappa shape index (κ3) is 3.22. The van der Waals surface area contributed by atoms with Crippen LogP contribution in [0.25, 0.3) is 27.5 Å². The van der Waals surface area contributed by atoms with Gasteiger partial charge in [0.15, 0.2) is 0 Å². The second-order valence-electron chi connectivity index (χ2n) is 7.92. The van der Waals surface area contributed by atoms with Gasteiger partial charge in [-0.2, -0.15) is 10.4 Å². The van der Waals surface area contributed by atoms with Crippen LogP contribution in [0.4, 0.5) is 0 Å². The molecule has 1 aliphatic rings. The van der Waals surface area contributed by atoms with Crippen molar-refractivity contribution in [1.82, 2.24) is 20.0 Å². The number of H-pyrrole nitrogens is 1. The molecule has 2 atom stereocenters. The number of nitrogens with zero attached hydrogens (tertiary/aromatic N) is 4. The summed E-state index contributed by atoms with van der Waals surface area (Å²) in [5, 5.41) is 33.0. The van der Waals surface area contributed by atoms with Gasteiger partial charge in [0.25, 0.3) is 0 Å². The first-order chi connectivity index (χ1) is 16.7. The number of fused-ring (bicyclic) bond motifs is 1. The number of para-hydroxylation sites is 1. The highest BCUT2D eigenvalue weighted by atomic mass is 32.1. The van der Waals surface area contributed by atoms with E-state index >= 15 is 0 Å². The average molecular weight is 463 g/mol. The predicted octanol–water partition coefficient (Wildman–Crippen LogP) is 5.63. The minimum Gasteiger partial charge on any atom is -0.422 e. The summed E-state index contributed by atoms with van der Waals surface area (Å²) in [6.07, 6.45) is 1.96. The topological polar surface area (TPSA) is 103 Å². The molecule has 2 unspecified atom stereocenters. The maximum absolute atomic E-state index is 10.1. The lowest BCUT2D eigenvalue weighted by atomic mass is 9.78. The summed E-state index contributed by atoms with van der Waals surface area (Å²) in [6.45, 7) is 0. The molecule has 164 valence electrons. The Kier molecular flexibility index (Phi) is 4.82. The van der Waals surface area contributed by atoms with Crippen molar-refractivity contribution >= 4 is 17.2 Å². The zero-order chi connectivity index (χ0) is 23.1. The number of rotatable bonds is 4. The first-order valence-corrected chi connectivity index (χ1v) is 11.6. The Hall–Kier alpha value is -4.48. The Morgan fingerprint density at radius 2 is 1.79 bits per heavy atom. The van der Waals surface area contributed by atoms with E-state index in [1.807, 2.05) is 89.1 Å². The van der Waals surface area contributed by atoms with Crippen LogP contribution in [-0.4, -0.2) is 25.9 Å². The largest absolute Gasteiger partial charge is 0.422 e. The van der Waals surface area contributed by atoms with Gasteiger partial charge in [0.05, 0.1) is 33.6 Å². The lowest BCUT2D eigenvalue weighted by Gasteiger charge is -2.27. The molecule has 0 spiro atoms. The van der Waals surface area contributed by atoms with Crippen LogP contribution in [0.15, 0.2) is 84.4 Å². The van der Waals surface area contributed by atoms with Crippen LogP contribution in [-0.2, 0) is 0 Å². The molecule has 2 N–H and O–H groups in total. The van der Waals surface area contributed by atoms with Gasteiger partial charge in [-0.3, -0.25) is 10.5 Å². The summed E-state index contributed by atoms with van der Waals surface area (Å²) in [7, 11) is 0. The SMILES string of the molecule is N#CC1C(=N)Oc2n[nH]c(-c3cccs3)c2C1c1cn(-c2ccccc2)nc1-c1ccccc1. The van der Waals surface area contributed by atoms with E-state index in [1.54, 1.807) is 11.3 Å². The van der Waals surface area contributed by atoms with Crippen LogP contribution < -0.4 is 4.74 Å². The molecular formula is C26H18N6OS. The molecule has 6 rings (SSSR count).